The van der Waals surface area contributed by atoms with Crippen LogP contribution in [-0.4, -0.2) is 80.6 Å². The number of nitrogens with one attached hydrogen (secondary N) is 1. The molecule has 204 valence electrons. The predicted molar refractivity (Wildman–Crippen MR) is 130 cm³/mol. The number of rotatable bonds is 7. The average molecular weight is 566 g/mol. The zero-order valence-electron chi connectivity index (χ0n) is 20.1. The number of hydrogen-bond donors (Lipinski definition) is 2. The van der Waals surface area contributed by atoms with Crippen molar-refractivity contribution in [2.24, 2.45) is 0 Å². The first-order chi connectivity index (χ1) is 17.3. The lowest BCUT2D eigenvalue weighted by Gasteiger charge is -2.30. The average Bonchev–Trinajstić information content (AvgIpc) is 2.84. The first-order valence-corrected chi connectivity index (χ1v) is 12.8. The maximum atomic E-state index is 13.6. The van der Waals surface area contributed by atoms with Gasteiger partial charge >= 0.3 is 12.1 Å². The highest BCUT2D eigenvalue weighted by Gasteiger charge is 2.38. The molecule has 1 saturated heterocycles. The van der Waals surface area contributed by atoms with E-state index in [1.54, 1.807) is 11.0 Å². The maximum absolute atomic E-state index is 13.6. The summed E-state index contributed by atoms with van der Waals surface area (Å²) in [5, 5.41) is 10.6. The van der Waals surface area contributed by atoms with E-state index in [0.717, 1.165) is 11.1 Å². The molecule has 2 aromatic carbocycles. The number of sulfonamides is 1. The van der Waals surface area contributed by atoms with Gasteiger partial charge in [-0.2, -0.15) is 17.5 Å². The van der Waals surface area contributed by atoms with Crippen molar-refractivity contribution in [1.29, 1.82) is 0 Å². The fourth-order valence-corrected chi connectivity index (χ4v) is 5.19. The fourth-order valence-electron chi connectivity index (χ4n) is 3.40. The number of amides is 1. The van der Waals surface area contributed by atoms with Crippen molar-refractivity contribution >= 4 is 33.5 Å². The van der Waals surface area contributed by atoms with E-state index < -0.39 is 22.2 Å². The molecule has 0 bridgehead atoms. The van der Waals surface area contributed by atoms with Gasteiger partial charge in [-0.3, -0.25) is 4.79 Å². The molecule has 3 rings (SSSR count). The van der Waals surface area contributed by atoms with Crippen LogP contribution in [0.1, 0.15) is 11.1 Å². The molecule has 0 aromatic heterocycles. The van der Waals surface area contributed by atoms with Gasteiger partial charge < -0.3 is 20.1 Å². The number of alkyl halides is 3. The summed E-state index contributed by atoms with van der Waals surface area (Å²) in [6.07, 6.45) is -5.08. The van der Waals surface area contributed by atoms with Crippen molar-refractivity contribution in [1.82, 2.24) is 14.5 Å². The van der Waals surface area contributed by atoms with Crippen molar-refractivity contribution in [3.05, 3.63) is 58.6 Å². The van der Waals surface area contributed by atoms with Gasteiger partial charge in [0, 0.05) is 37.7 Å². The van der Waals surface area contributed by atoms with E-state index in [2.05, 4.69) is 5.32 Å². The molecular formula is C23H27ClF3N3O6S. The number of nitrogens with zero attached hydrogens (tertiary/aromatic N) is 2. The van der Waals surface area contributed by atoms with Gasteiger partial charge in [-0.15, -0.1) is 0 Å². The lowest BCUT2D eigenvalue weighted by molar-refractivity contribution is -0.192. The molecule has 0 radical (unpaired) electrons. The minimum atomic E-state index is -5.08. The zero-order chi connectivity index (χ0) is 27.8. The standard InChI is InChI=1S/C21H26ClN3O4S.C2HF3O2/c1-16-4-3-5-17(12-16)14-25(15-21(26)24-10-8-23-9-11-24)30(27,28)20-13-18(22)6-7-19(20)29-2;3-2(4,5)1(6)7/h3-7,12-13,23H,8-11,14-15H2,1-2H3;(H,6,7). The Balaban J connectivity index is 0.000000604. The summed E-state index contributed by atoms with van der Waals surface area (Å²) >= 11 is 6.07. The molecule has 1 aliphatic heterocycles. The minimum absolute atomic E-state index is 0.0572. The van der Waals surface area contributed by atoms with Crippen LogP contribution in [0.2, 0.25) is 5.02 Å². The number of aliphatic carboxylic acids is 1. The van der Waals surface area contributed by atoms with E-state index in [9.17, 15) is 26.4 Å². The SMILES string of the molecule is COc1ccc(Cl)cc1S(=O)(=O)N(CC(=O)N1CCNCC1)Cc1cccc(C)c1.O=C(O)C(F)(F)F. The van der Waals surface area contributed by atoms with Gasteiger partial charge in [-0.25, -0.2) is 13.2 Å². The number of benzene rings is 2. The van der Waals surface area contributed by atoms with Gasteiger partial charge in [-0.05, 0) is 30.7 Å². The third-order valence-corrected chi connectivity index (χ3v) is 7.26. The van der Waals surface area contributed by atoms with E-state index in [0.29, 0.717) is 26.2 Å². The Morgan fingerprint density at radius 1 is 1.16 bits per heavy atom. The quantitative estimate of drug-likeness (QED) is 0.530. The molecule has 0 saturated carbocycles. The number of carbonyl (C=O) groups excluding carboxylic acids is 1. The van der Waals surface area contributed by atoms with Crippen LogP contribution < -0.4 is 10.1 Å². The molecule has 0 unspecified atom stereocenters. The number of carboxylic acids is 1. The number of aryl methyl sites for hydroxylation is 1. The van der Waals surface area contributed by atoms with Crippen LogP contribution >= 0.6 is 11.6 Å². The molecule has 2 aromatic rings. The number of carbonyl (C=O) groups is 2. The molecule has 1 fully saturated rings. The second-order valence-corrected chi connectivity index (χ2v) is 10.3. The normalized spacial score (nSPS) is 14.1. The Morgan fingerprint density at radius 2 is 1.78 bits per heavy atom. The summed E-state index contributed by atoms with van der Waals surface area (Å²) in [4.78, 5) is 23.4. The van der Waals surface area contributed by atoms with Gasteiger partial charge in [-0.1, -0.05) is 41.4 Å². The van der Waals surface area contributed by atoms with Crippen LogP contribution in [0, 0.1) is 6.92 Å². The highest BCUT2D eigenvalue weighted by Crippen LogP contribution is 2.30. The van der Waals surface area contributed by atoms with Gasteiger partial charge in [0.1, 0.15) is 10.6 Å². The topological polar surface area (TPSA) is 116 Å². The van der Waals surface area contributed by atoms with Crippen LogP contribution in [-0.2, 0) is 26.2 Å². The molecule has 0 aliphatic carbocycles. The van der Waals surface area contributed by atoms with Gasteiger partial charge in [0.15, 0.2) is 0 Å². The predicted octanol–water partition coefficient (Wildman–Crippen LogP) is 2.91. The van der Waals surface area contributed by atoms with Crippen molar-refractivity contribution < 1.29 is 41.0 Å². The number of piperazine rings is 1. The van der Waals surface area contributed by atoms with Crippen molar-refractivity contribution in [2.45, 2.75) is 24.5 Å². The first-order valence-electron chi connectivity index (χ1n) is 10.9. The monoisotopic (exact) mass is 565 g/mol. The Morgan fingerprint density at radius 3 is 2.32 bits per heavy atom. The second-order valence-electron chi connectivity index (χ2n) is 7.99. The van der Waals surface area contributed by atoms with Crippen LogP contribution in [0.15, 0.2) is 47.4 Å². The van der Waals surface area contributed by atoms with E-state index in [1.807, 2.05) is 31.2 Å². The van der Waals surface area contributed by atoms with Gasteiger partial charge in [0.05, 0.1) is 13.7 Å². The van der Waals surface area contributed by atoms with E-state index in [4.69, 9.17) is 26.2 Å². The summed E-state index contributed by atoms with van der Waals surface area (Å²) in [7, 11) is -2.65. The van der Waals surface area contributed by atoms with Crippen LogP contribution in [0.5, 0.6) is 5.75 Å². The fraction of sp³-hybridized carbons (Fsp3) is 0.391. The largest absolute Gasteiger partial charge is 0.495 e. The molecule has 2 N–H and O–H groups in total. The highest BCUT2D eigenvalue weighted by molar-refractivity contribution is 7.89. The molecule has 1 heterocycles. The number of ether oxygens (including phenoxy) is 1. The third-order valence-electron chi connectivity index (χ3n) is 5.21. The molecule has 1 aliphatic rings. The molecule has 0 atom stereocenters. The molecular weight excluding hydrogens is 539 g/mol. The second kappa shape index (κ2) is 13.1. The summed E-state index contributed by atoms with van der Waals surface area (Å²) in [5.41, 5.74) is 1.81. The van der Waals surface area contributed by atoms with E-state index in [1.165, 1.54) is 23.5 Å². The molecule has 0 spiro atoms. The summed E-state index contributed by atoms with van der Waals surface area (Å²) in [5.74, 6) is -2.80. The summed E-state index contributed by atoms with van der Waals surface area (Å²) in [6.45, 7) is 4.24. The Kier molecular flexibility index (Phi) is 10.7. The van der Waals surface area contributed by atoms with Crippen LogP contribution in [0.25, 0.3) is 0 Å². The third kappa shape index (κ3) is 8.88. The Labute approximate surface area is 217 Å². The van der Waals surface area contributed by atoms with Crippen molar-refractivity contribution in [3.63, 3.8) is 0 Å². The lowest BCUT2D eigenvalue weighted by Crippen LogP contribution is -2.50. The lowest BCUT2D eigenvalue weighted by atomic mass is 10.1. The molecule has 37 heavy (non-hydrogen) atoms. The number of hydrogen-bond acceptors (Lipinski definition) is 6. The Hall–Kier alpha value is -2.87. The van der Waals surface area contributed by atoms with Crippen molar-refractivity contribution in [2.75, 3.05) is 39.8 Å². The van der Waals surface area contributed by atoms with Crippen LogP contribution in [0.4, 0.5) is 13.2 Å². The summed E-state index contributed by atoms with van der Waals surface area (Å²) < 4.78 is 65.3. The Bertz CT molecular complexity index is 1200. The van der Waals surface area contributed by atoms with Crippen molar-refractivity contribution in [3.8, 4) is 5.75 Å². The number of methoxy groups -OCH3 is 1. The number of halogens is 4. The molecule has 9 nitrogen and oxygen atoms in total. The maximum Gasteiger partial charge on any atom is 0.490 e. The zero-order valence-corrected chi connectivity index (χ0v) is 21.7. The first kappa shape index (κ1) is 30.4. The van der Waals surface area contributed by atoms with Gasteiger partial charge in [0.2, 0.25) is 15.9 Å². The number of carboxylic acid groups (broad SMARTS) is 1. The van der Waals surface area contributed by atoms with Gasteiger partial charge in [0.25, 0.3) is 0 Å². The molecule has 1 amide bonds. The van der Waals surface area contributed by atoms with Crippen LogP contribution in [0.3, 0.4) is 0 Å². The smallest absolute Gasteiger partial charge is 0.490 e. The van der Waals surface area contributed by atoms with E-state index in [-0.39, 0.29) is 34.7 Å². The minimum Gasteiger partial charge on any atom is -0.495 e. The summed E-state index contributed by atoms with van der Waals surface area (Å²) in [6, 6.07) is 12.0. The van der Waals surface area contributed by atoms with E-state index >= 15 is 0 Å². The molecule has 14 heteroatoms. The highest BCUT2D eigenvalue weighted by atomic mass is 35.5.